The second-order valence-corrected chi connectivity index (χ2v) is 2.72. The molecule has 5 nitrogen and oxygen atoms in total. The van der Waals surface area contributed by atoms with Crippen molar-refractivity contribution in [2.24, 2.45) is 0 Å². The molecular formula is C8H5N5. The first-order chi connectivity index (χ1) is 6.45. The van der Waals surface area contributed by atoms with E-state index in [0.717, 1.165) is 21.9 Å². The lowest BCUT2D eigenvalue weighted by molar-refractivity contribution is 1.10. The predicted molar refractivity (Wildman–Crippen MR) is 47.0 cm³/mol. The zero-order valence-corrected chi connectivity index (χ0v) is 6.60. The number of nitrogens with zero attached hydrogens (tertiary/aromatic N) is 4. The van der Waals surface area contributed by atoms with E-state index in [0.29, 0.717) is 0 Å². The molecule has 5 heteroatoms. The van der Waals surface area contributed by atoms with Crippen molar-refractivity contribution in [2.75, 3.05) is 0 Å². The Hall–Kier alpha value is -2.04. The fourth-order valence-electron chi connectivity index (χ4n) is 1.35. The second kappa shape index (κ2) is 2.22. The van der Waals surface area contributed by atoms with Crippen LogP contribution in [0.25, 0.3) is 21.9 Å². The van der Waals surface area contributed by atoms with Gasteiger partial charge in [0, 0.05) is 17.8 Å². The highest BCUT2D eigenvalue weighted by molar-refractivity contribution is 6.00. The standard InChI is InChI=1S/C8H5N5/c1-5-2-10-8-6(3-12-13-8)7(5)11-4-9-1/h1-4H,(H,10,12,13). The van der Waals surface area contributed by atoms with Crippen LogP contribution in [0.4, 0.5) is 0 Å². The minimum absolute atomic E-state index is 0.756. The number of H-pyrrole nitrogens is 1. The maximum atomic E-state index is 4.17. The van der Waals surface area contributed by atoms with E-state index in [1.165, 1.54) is 6.33 Å². The third-order valence-electron chi connectivity index (χ3n) is 1.95. The average molecular weight is 171 g/mol. The summed E-state index contributed by atoms with van der Waals surface area (Å²) in [5.74, 6) is 0. The molecule has 3 rings (SSSR count). The molecule has 0 bridgehead atoms. The molecule has 62 valence electrons. The second-order valence-electron chi connectivity index (χ2n) is 2.72. The van der Waals surface area contributed by atoms with E-state index >= 15 is 0 Å². The van der Waals surface area contributed by atoms with Gasteiger partial charge in [-0.05, 0) is 0 Å². The molecule has 3 heterocycles. The van der Waals surface area contributed by atoms with Crippen molar-refractivity contribution >= 4 is 21.9 Å². The fraction of sp³-hybridized carbons (Fsp3) is 0. The molecular weight excluding hydrogens is 166 g/mol. The van der Waals surface area contributed by atoms with Crippen LogP contribution < -0.4 is 0 Å². The summed E-state index contributed by atoms with van der Waals surface area (Å²) in [6.07, 6.45) is 6.71. The van der Waals surface area contributed by atoms with Crippen LogP contribution in [0.3, 0.4) is 0 Å². The van der Waals surface area contributed by atoms with Gasteiger partial charge in [0.05, 0.1) is 17.1 Å². The highest BCUT2D eigenvalue weighted by Gasteiger charge is 2.02. The molecule has 3 aromatic heterocycles. The van der Waals surface area contributed by atoms with E-state index in [2.05, 4.69) is 25.1 Å². The lowest BCUT2D eigenvalue weighted by Crippen LogP contribution is -1.83. The summed E-state index contributed by atoms with van der Waals surface area (Å²) in [4.78, 5) is 12.3. The minimum atomic E-state index is 0.756. The molecule has 0 aliphatic carbocycles. The Bertz CT molecular complexity index is 571. The molecule has 3 aromatic rings. The van der Waals surface area contributed by atoms with E-state index in [4.69, 9.17) is 0 Å². The highest BCUT2D eigenvalue weighted by Crippen LogP contribution is 2.17. The highest BCUT2D eigenvalue weighted by atomic mass is 15.1. The Balaban J connectivity index is 2.65. The van der Waals surface area contributed by atoms with Crippen LogP contribution in [-0.2, 0) is 0 Å². The Morgan fingerprint density at radius 3 is 3.08 bits per heavy atom. The number of hydrogen-bond donors (Lipinski definition) is 1. The lowest BCUT2D eigenvalue weighted by Gasteiger charge is -1.94. The zero-order valence-electron chi connectivity index (χ0n) is 6.60. The van der Waals surface area contributed by atoms with Crippen molar-refractivity contribution in [1.82, 2.24) is 25.1 Å². The lowest BCUT2D eigenvalue weighted by atomic mass is 10.2. The van der Waals surface area contributed by atoms with Gasteiger partial charge >= 0.3 is 0 Å². The summed E-state index contributed by atoms with van der Waals surface area (Å²) in [6.45, 7) is 0. The molecule has 1 N–H and O–H groups in total. The Kier molecular flexibility index (Phi) is 1.11. The molecule has 0 unspecified atom stereocenters. The third kappa shape index (κ3) is 0.807. The molecule has 13 heavy (non-hydrogen) atoms. The van der Waals surface area contributed by atoms with Crippen LogP contribution >= 0.6 is 0 Å². The number of hydrogen-bond acceptors (Lipinski definition) is 4. The average Bonchev–Trinajstić information content (AvgIpc) is 2.65. The normalized spacial score (nSPS) is 11.1. The van der Waals surface area contributed by atoms with Gasteiger partial charge < -0.3 is 0 Å². The van der Waals surface area contributed by atoms with Crippen molar-refractivity contribution < 1.29 is 0 Å². The van der Waals surface area contributed by atoms with E-state index in [1.54, 1.807) is 18.6 Å². The van der Waals surface area contributed by atoms with Crippen molar-refractivity contribution in [1.29, 1.82) is 0 Å². The number of fused-ring (bicyclic) bond motifs is 3. The van der Waals surface area contributed by atoms with Crippen molar-refractivity contribution in [3.63, 3.8) is 0 Å². The van der Waals surface area contributed by atoms with Gasteiger partial charge in [0.25, 0.3) is 0 Å². The topological polar surface area (TPSA) is 67.3 Å². The summed E-state index contributed by atoms with van der Waals surface area (Å²) >= 11 is 0. The fourth-order valence-corrected chi connectivity index (χ4v) is 1.35. The summed E-state index contributed by atoms with van der Waals surface area (Å²) < 4.78 is 0. The van der Waals surface area contributed by atoms with Gasteiger partial charge in [0.15, 0.2) is 5.65 Å². The van der Waals surface area contributed by atoms with Gasteiger partial charge in [-0.25, -0.2) is 15.0 Å². The van der Waals surface area contributed by atoms with Crippen molar-refractivity contribution in [3.8, 4) is 0 Å². The SMILES string of the molecule is c1ncc2cnc3[nH]ncc3c2n1. The molecule has 0 aliphatic rings. The summed E-state index contributed by atoms with van der Waals surface area (Å²) in [6, 6.07) is 0. The smallest absolute Gasteiger partial charge is 0.157 e. The van der Waals surface area contributed by atoms with Gasteiger partial charge in [0.1, 0.15) is 6.33 Å². The van der Waals surface area contributed by atoms with Crippen LogP contribution in [0.1, 0.15) is 0 Å². The molecule has 0 spiro atoms. The summed E-state index contributed by atoms with van der Waals surface area (Å²) in [5.41, 5.74) is 1.64. The van der Waals surface area contributed by atoms with Crippen LogP contribution in [0.5, 0.6) is 0 Å². The van der Waals surface area contributed by atoms with Crippen molar-refractivity contribution in [2.45, 2.75) is 0 Å². The van der Waals surface area contributed by atoms with E-state index < -0.39 is 0 Å². The van der Waals surface area contributed by atoms with Crippen LogP contribution in [0.2, 0.25) is 0 Å². The Morgan fingerprint density at radius 1 is 1.08 bits per heavy atom. The molecule has 0 saturated heterocycles. The summed E-state index contributed by atoms with van der Waals surface area (Å²) in [5, 5.41) is 8.55. The first-order valence-corrected chi connectivity index (χ1v) is 3.83. The minimum Gasteiger partial charge on any atom is -0.261 e. The predicted octanol–water partition coefficient (Wildman–Crippen LogP) is 0.901. The molecule has 0 aliphatic heterocycles. The van der Waals surface area contributed by atoms with Crippen LogP contribution in [0.15, 0.2) is 24.9 Å². The van der Waals surface area contributed by atoms with Gasteiger partial charge in [-0.3, -0.25) is 5.10 Å². The van der Waals surface area contributed by atoms with Gasteiger partial charge in [-0.2, -0.15) is 5.10 Å². The molecule has 0 atom stereocenters. The number of rotatable bonds is 0. The maximum Gasteiger partial charge on any atom is 0.157 e. The first kappa shape index (κ1) is 6.47. The number of aromatic amines is 1. The molecule has 0 fully saturated rings. The Labute approximate surface area is 72.9 Å². The molecule has 0 radical (unpaired) electrons. The monoisotopic (exact) mass is 171 g/mol. The number of pyridine rings is 1. The van der Waals surface area contributed by atoms with Gasteiger partial charge in [0.2, 0.25) is 0 Å². The van der Waals surface area contributed by atoms with Gasteiger partial charge in [-0.15, -0.1) is 0 Å². The van der Waals surface area contributed by atoms with E-state index in [9.17, 15) is 0 Å². The molecule has 0 amide bonds. The van der Waals surface area contributed by atoms with E-state index in [1.807, 2.05) is 0 Å². The first-order valence-electron chi connectivity index (χ1n) is 3.83. The number of aromatic nitrogens is 5. The Morgan fingerprint density at radius 2 is 2.08 bits per heavy atom. The van der Waals surface area contributed by atoms with Crippen molar-refractivity contribution in [3.05, 3.63) is 24.9 Å². The third-order valence-corrected chi connectivity index (χ3v) is 1.95. The molecule has 0 saturated carbocycles. The summed E-state index contributed by atoms with van der Waals surface area (Å²) in [7, 11) is 0. The maximum absolute atomic E-state index is 4.17. The quantitative estimate of drug-likeness (QED) is 0.545. The zero-order chi connectivity index (χ0) is 8.67. The van der Waals surface area contributed by atoms with E-state index in [-0.39, 0.29) is 0 Å². The van der Waals surface area contributed by atoms with Crippen LogP contribution in [-0.4, -0.2) is 25.1 Å². The molecule has 0 aromatic carbocycles. The van der Waals surface area contributed by atoms with Crippen LogP contribution in [0, 0.1) is 0 Å². The largest absolute Gasteiger partial charge is 0.261 e. The van der Waals surface area contributed by atoms with Gasteiger partial charge in [-0.1, -0.05) is 0 Å². The number of nitrogens with one attached hydrogen (secondary N) is 1.